The van der Waals surface area contributed by atoms with Crippen LogP contribution >= 0.6 is 0 Å². The SMILES string of the molecule is CC(C)(C)C(NC(=O)C(CCCc1ccccc1)CC(=O)O)C(=O)Nc1ccc(C(=O)O)cc1. The minimum absolute atomic E-state index is 0.0886. The summed E-state index contributed by atoms with van der Waals surface area (Å²) in [5, 5.41) is 23.8. The first-order valence-electron chi connectivity index (χ1n) is 11.2. The second-order valence-electron chi connectivity index (χ2n) is 9.35. The summed E-state index contributed by atoms with van der Waals surface area (Å²) in [5.41, 5.74) is 0.936. The van der Waals surface area contributed by atoms with E-state index >= 15 is 0 Å². The summed E-state index contributed by atoms with van der Waals surface area (Å²) >= 11 is 0. The van der Waals surface area contributed by atoms with Gasteiger partial charge in [0.2, 0.25) is 11.8 Å². The number of nitrogens with one attached hydrogen (secondary N) is 2. The maximum atomic E-state index is 13.0. The van der Waals surface area contributed by atoms with Gasteiger partial charge in [0.1, 0.15) is 6.04 Å². The molecule has 8 nitrogen and oxygen atoms in total. The lowest BCUT2D eigenvalue weighted by molar-refractivity contribution is -0.141. The lowest BCUT2D eigenvalue weighted by Crippen LogP contribution is -2.53. The number of hydrogen-bond acceptors (Lipinski definition) is 4. The number of aliphatic carboxylic acids is 1. The van der Waals surface area contributed by atoms with Crippen LogP contribution in [0, 0.1) is 11.3 Å². The predicted octanol–water partition coefficient (Wildman–Crippen LogP) is 3.97. The quantitative estimate of drug-likeness (QED) is 0.394. The van der Waals surface area contributed by atoms with Crippen LogP contribution in [-0.2, 0) is 20.8 Å². The second-order valence-corrected chi connectivity index (χ2v) is 9.35. The molecule has 0 saturated carbocycles. The highest BCUT2D eigenvalue weighted by atomic mass is 16.4. The molecule has 0 aliphatic rings. The van der Waals surface area contributed by atoms with Gasteiger partial charge in [-0.2, -0.15) is 0 Å². The Balaban J connectivity index is 2.08. The number of carbonyl (C=O) groups is 4. The molecule has 34 heavy (non-hydrogen) atoms. The molecule has 0 saturated heterocycles. The van der Waals surface area contributed by atoms with Gasteiger partial charge in [0.25, 0.3) is 0 Å². The Hall–Kier alpha value is -3.68. The smallest absolute Gasteiger partial charge is 0.335 e. The van der Waals surface area contributed by atoms with Gasteiger partial charge in [0.15, 0.2) is 0 Å². The first-order valence-corrected chi connectivity index (χ1v) is 11.2. The Bertz CT molecular complexity index is 996. The third kappa shape index (κ3) is 8.35. The van der Waals surface area contributed by atoms with Crippen LogP contribution in [0.15, 0.2) is 54.6 Å². The van der Waals surface area contributed by atoms with Crippen molar-refractivity contribution in [1.29, 1.82) is 0 Å². The summed E-state index contributed by atoms with van der Waals surface area (Å²) in [5.74, 6) is -3.87. The lowest BCUT2D eigenvalue weighted by atomic mass is 9.85. The standard InChI is InChI=1S/C26H32N2O6/c1-26(2,3)22(24(32)27-20-14-12-18(13-15-20)25(33)34)28-23(31)19(16-21(29)30)11-7-10-17-8-5-4-6-9-17/h4-6,8-9,12-15,19,22H,7,10-11,16H2,1-3H3,(H,27,32)(H,28,31)(H,29,30)(H,33,34). The third-order valence-electron chi connectivity index (χ3n) is 5.47. The Morgan fingerprint density at radius 2 is 1.50 bits per heavy atom. The number of anilines is 1. The van der Waals surface area contributed by atoms with E-state index in [2.05, 4.69) is 10.6 Å². The molecule has 0 aliphatic heterocycles. The summed E-state index contributed by atoms with van der Waals surface area (Å²) in [7, 11) is 0. The molecule has 2 aromatic rings. The van der Waals surface area contributed by atoms with E-state index in [-0.39, 0.29) is 12.0 Å². The largest absolute Gasteiger partial charge is 0.481 e. The van der Waals surface area contributed by atoms with Gasteiger partial charge in [-0.05, 0) is 54.5 Å². The fourth-order valence-corrected chi connectivity index (χ4v) is 3.58. The van der Waals surface area contributed by atoms with Crippen LogP contribution in [0.3, 0.4) is 0 Å². The number of rotatable bonds is 11. The lowest BCUT2D eigenvalue weighted by Gasteiger charge is -2.31. The Morgan fingerprint density at radius 1 is 0.882 bits per heavy atom. The van der Waals surface area contributed by atoms with Crippen LogP contribution in [-0.4, -0.2) is 40.0 Å². The second kappa shape index (κ2) is 12.0. The highest BCUT2D eigenvalue weighted by molar-refractivity contribution is 5.98. The fraction of sp³-hybridized carbons (Fsp3) is 0.385. The van der Waals surface area contributed by atoms with Crippen molar-refractivity contribution in [3.8, 4) is 0 Å². The summed E-state index contributed by atoms with van der Waals surface area (Å²) in [4.78, 5) is 48.4. The van der Waals surface area contributed by atoms with Crippen molar-refractivity contribution in [3.63, 3.8) is 0 Å². The van der Waals surface area contributed by atoms with Crippen LogP contribution in [0.25, 0.3) is 0 Å². The van der Waals surface area contributed by atoms with Gasteiger partial charge < -0.3 is 20.8 Å². The number of carboxylic acid groups (broad SMARTS) is 2. The van der Waals surface area contributed by atoms with Gasteiger partial charge in [-0.15, -0.1) is 0 Å². The van der Waals surface area contributed by atoms with Crippen molar-refractivity contribution >= 4 is 29.4 Å². The molecule has 0 spiro atoms. The molecule has 4 N–H and O–H groups in total. The van der Waals surface area contributed by atoms with Crippen molar-refractivity contribution in [2.75, 3.05) is 5.32 Å². The molecule has 2 aromatic carbocycles. The average Bonchev–Trinajstić information content (AvgIpc) is 2.76. The average molecular weight is 469 g/mol. The number of carbonyl (C=O) groups excluding carboxylic acids is 2. The van der Waals surface area contributed by atoms with Gasteiger partial charge >= 0.3 is 11.9 Å². The van der Waals surface area contributed by atoms with Crippen molar-refractivity contribution in [2.45, 2.75) is 52.5 Å². The molecule has 2 atom stereocenters. The highest BCUT2D eigenvalue weighted by Crippen LogP contribution is 2.23. The molecular weight excluding hydrogens is 436 g/mol. The number of aryl methyl sites for hydroxylation is 1. The van der Waals surface area contributed by atoms with Gasteiger partial charge in [-0.3, -0.25) is 14.4 Å². The van der Waals surface area contributed by atoms with Gasteiger partial charge in [0, 0.05) is 11.6 Å². The van der Waals surface area contributed by atoms with Crippen molar-refractivity contribution in [1.82, 2.24) is 5.32 Å². The zero-order chi connectivity index (χ0) is 25.3. The topological polar surface area (TPSA) is 133 Å². The van der Waals surface area contributed by atoms with Crippen LogP contribution in [0.2, 0.25) is 0 Å². The zero-order valence-electron chi connectivity index (χ0n) is 19.7. The van der Waals surface area contributed by atoms with E-state index in [0.29, 0.717) is 18.5 Å². The summed E-state index contributed by atoms with van der Waals surface area (Å²) in [6, 6.07) is 14.5. The number of hydrogen-bond donors (Lipinski definition) is 4. The molecule has 0 fully saturated rings. The van der Waals surface area contributed by atoms with Crippen LogP contribution < -0.4 is 10.6 Å². The normalized spacial score (nSPS) is 12.9. The Labute approximate surface area is 199 Å². The van der Waals surface area contributed by atoms with Crippen LogP contribution in [0.4, 0.5) is 5.69 Å². The molecule has 0 radical (unpaired) electrons. The molecule has 2 amide bonds. The molecule has 0 aromatic heterocycles. The Morgan fingerprint density at radius 3 is 2.03 bits per heavy atom. The summed E-state index contributed by atoms with van der Waals surface area (Å²) in [6.07, 6.45) is 1.41. The summed E-state index contributed by atoms with van der Waals surface area (Å²) < 4.78 is 0. The first-order chi connectivity index (χ1) is 16.0. The van der Waals surface area contributed by atoms with E-state index in [0.717, 1.165) is 12.0 Å². The van der Waals surface area contributed by atoms with Gasteiger partial charge in [-0.1, -0.05) is 51.1 Å². The number of amides is 2. The molecule has 0 bridgehead atoms. The molecule has 182 valence electrons. The van der Waals surface area contributed by atoms with E-state index < -0.39 is 41.1 Å². The number of benzene rings is 2. The van der Waals surface area contributed by atoms with E-state index in [1.165, 1.54) is 24.3 Å². The van der Waals surface area contributed by atoms with Crippen LogP contribution in [0.1, 0.15) is 56.0 Å². The highest BCUT2D eigenvalue weighted by Gasteiger charge is 2.35. The Kier molecular flexibility index (Phi) is 9.36. The number of aromatic carboxylic acids is 1. The molecule has 0 heterocycles. The van der Waals surface area contributed by atoms with E-state index in [1.54, 1.807) is 20.8 Å². The first kappa shape index (κ1) is 26.6. The van der Waals surface area contributed by atoms with Crippen molar-refractivity contribution in [2.24, 2.45) is 11.3 Å². The maximum Gasteiger partial charge on any atom is 0.335 e. The molecule has 2 rings (SSSR count). The van der Waals surface area contributed by atoms with Crippen molar-refractivity contribution < 1.29 is 29.4 Å². The number of carboxylic acids is 2. The summed E-state index contributed by atoms with van der Waals surface area (Å²) in [6.45, 7) is 5.39. The van der Waals surface area contributed by atoms with E-state index in [9.17, 15) is 24.3 Å². The minimum atomic E-state index is -1.07. The fourth-order valence-electron chi connectivity index (χ4n) is 3.58. The predicted molar refractivity (Wildman–Crippen MR) is 129 cm³/mol. The van der Waals surface area contributed by atoms with Crippen LogP contribution in [0.5, 0.6) is 0 Å². The maximum absolute atomic E-state index is 13.0. The van der Waals surface area contributed by atoms with Gasteiger partial charge in [-0.25, -0.2) is 4.79 Å². The molecule has 2 unspecified atom stereocenters. The molecular formula is C26H32N2O6. The van der Waals surface area contributed by atoms with Gasteiger partial charge in [0.05, 0.1) is 12.0 Å². The van der Waals surface area contributed by atoms with E-state index in [1.807, 2.05) is 30.3 Å². The minimum Gasteiger partial charge on any atom is -0.481 e. The monoisotopic (exact) mass is 468 g/mol. The zero-order valence-corrected chi connectivity index (χ0v) is 19.7. The van der Waals surface area contributed by atoms with E-state index in [4.69, 9.17) is 5.11 Å². The van der Waals surface area contributed by atoms with Crippen molar-refractivity contribution in [3.05, 3.63) is 65.7 Å². The third-order valence-corrected chi connectivity index (χ3v) is 5.47. The molecule has 8 heteroatoms. The molecule has 0 aliphatic carbocycles.